The molecule has 0 aliphatic carbocycles. The van der Waals surface area contributed by atoms with E-state index in [1.807, 2.05) is 0 Å². The molecule has 1 nitrogen and oxygen atoms in total. The molecule has 0 N–H and O–H groups in total. The van der Waals surface area contributed by atoms with Crippen molar-refractivity contribution in [1.29, 1.82) is 0 Å². The van der Waals surface area contributed by atoms with Gasteiger partial charge in [-0.1, -0.05) is 82.6 Å². The van der Waals surface area contributed by atoms with E-state index in [0.717, 1.165) is 13.0 Å². The Morgan fingerprint density at radius 1 is 0.727 bits per heavy atom. The first-order valence-corrected chi connectivity index (χ1v) is 9.85. The normalized spacial score (nSPS) is 17.8. The molecule has 0 saturated carbocycles. The van der Waals surface area contributed by atoms with Crippen LogP contribution in [-0.2, 0) is 4.74 Å². The fraction of sp³-hybridized carbons (Fsp3) is 0.810. The number of allylic oxidation sites excluding steroid dienone is 4. The molecule has 1 aliphatic heterocycles. The van der Waals surface area contributed by atoms with Gasteiger partial charge in [-0.2, -0.15) is 0 Å². The van der Waals surface area contributed by atoms with Crippen molar-refractivity contribution in [3.63, 3.8) is 0 Å². The minimum absolute atomic E-state index is 0.637. The predicted molar refractivity (Wildman–Crippen MR) is 98.3 cm³/mol. The quantitative estimate of drug-likeness (QED) is 0.170. The van der Waals surface area contributed by atoms with E-state index in [2.05, 4.69) is 31.2 Å². The lowest BCUT2D eigenvalue weighted by Crippen LogP contribution is -1.86. The highest BCUT2D eigenvalue weighted by molar-refractivity contribution is 4.92. The van der Waals surface area contributed by atoms with E-state index in [-0.39, 0.29) is 0 Å². The second kappa shape index (κ2) is 15.3. The van der Waals surface area contributed by atoms with Gasteiger partial charge in [-0.3, -0.25) is 0 Å². The molecule has 1 atom stereocenters. The molecule has 128 valence electrons. The van der Waals surface area contributed by atoms with Gasteiger partial charge in [-0.25, -0.2) is 0 Å². The van der Waals surface area contributed by atoms with Gasteiger partial charge in [0.1, 0.15) is 0 Å². The Morgan fingerprint density at radius 3 is 1.86 bits per heavy atom. The smallest absolute Gasteiger partial charge is 0.0810 e. The summed E-state index contributed by atoms with van der Waals surface area (Å²) < 4.78 is 5.23. The van der Waals surface area contributed by atoms with Gasteiger partial charge in [0.15, 0.2) is 0 Å². The lowest BCUT2D eigenvalue weighted by Gasteiger charge is -2.00. The molecule has 1 aliphatic rings. The third kappa shape index (κ3) is 14.4. The van der Waals surface area contributed by atoms with Crippen LogP contribution in [0.5, 0.6) is 0 Å². The maximum absolute atomic E-state index is 5.23. The van der Waals surface area contributed by atoms with E-state index >= 15 is 0 Å². The maximum Gasteiger partial charge on any atom is 0.0810 e. The zero-order chi connectivity index (χ0) is 15.7. The first-order chi connectivity index (χ1) is 10.9. The summed E-state index contributed by atoms with van der Waals surface area (Å²) >= 11 is 0. The number of hydrogen-bond acceptors (Lipinski definition) is 1. The Kier molecular flexibility index (Phi) is 13.6. The molecular weight excluding hydrogens is 268 g/mol. The monoisotopic (exact) mass is 306 g/mol. The summed E-state index contributed by atoms with van der Waals surface area (Å²) in [5.41, 5.74) is 0. The SMILES string of the molecule is CCCCCC=CCC=CCCCCCCCCCC1CO1. The summed E-state index contributed by atoms with van der Waals surface area (Å²) in [7, 11) is 0. The second-order valence-corrected chi connectivity index (χ2v) is 6.68. The first-order valence-electron chi connectivity index (χ1n) is 9.85. The highest BCUT2D eigenvalue weighted by Gasteiger charge is 2.20. The molecule has 1 heterocycles. The van der Waals surface area contributed by atoms with Crippen LogP contribution in [0.25, 0.3) is 0 Å². The van der Waals surface area contributed by atoms with Gasteiger partial charge in [-0.15, -0.1) is 0 Å². The van der Waals surface area contributed by atoms with Crippen LogP contribution in [0.2, 0.25) is 0 Å². The predicted octanol–water partition coefficient (Wildman–Crippen LogP) is 6.98. The third-order valence-electron chi connectivity index (χ3n) is 4.38. The summed E-state index contributed by atoms with van der Waals surface area (Å²) in [5.74, 6) is 0. The maximum atomic E-state index is 5.23. The molecule has 22 heavy (non-hydrogen) atoms. The van der Waals surface area contributed by atoms with Crippen LogP contribution < -0.4 is 0 Å². The molecule has 0 bridgehead atoms. The van der Waals surface area contributed by atoms with Crippen LogP contribution in [0.15, 0.2) is 24.3 Å². The molecule has 0 amide bonds. The van der Waals surface area contributed by atoms with Crippen molar-refractivity contribution in [3.05, 3.63) is 24.3 Å². The molecule has 0 spiro atoms. The van der Waals surface area contributed by atoms with Crippen LogP contribution in [0, 0.1) is 0 Å². The molecule has 1 unspecified atom stereocenters. The average Bonchev–Trinajstić information content (AvgIpc) is 3.34. The molecule has 1 rings (SSSR count). The number of unbranched alkanes of at least 4 members (excludes halogenated alkanes) is 10. The summed E-state index contributed by atoms with van der Waals surface area (Å²) in [5, 5.41) is 0. The van der Waals surface area contributed by atoms with Gasteiger partial charge in [0.05, 0.1) is 12.7 Å². The summed E-state index contributed by atoms with van der Waals surface area (Å²) in [6, 6.07) is 0. The van der Waals surface area contributed by atoms with Crippen LogP contribution in [0.1, 0.15) is 96.8 Å². The molecule has 1 saturated heterocycles. The highest BCUT2D eigenvalue weighted by Crippen LogP contribution is 2.18. The van der Waals surface area contributed by atoms with E-state index in [1.165, 1.54) is 83.5 Å². The van der Waals surface area contributed by atoms with Gasteiger partial charge < -0.3 is 4.74 Å². The molecular formula is C21H38O. The topological polar surface area (TPSA) is 12.5 Å². The van der Waals surface area contributed by atoms with Crippen molar-refractivity contribution >= 4 is 0 Å². The fourth-order valence-corrected chi connectivity index (χ4v) is 2.77. The van der Waals surface area contributed by atoms with Crippen LogP contribution in [-0.4, -0.2) is 12.7 Å². The van der Waals surface area contributed by atoms with Gasteiger partial charge in [0.25, 0.3) is 0 Å². The number of rotatable bonds is 16. The highest BCUT2D eigenvalue weighted by atomic mass is 16.6. The first kappa shape index (κ1) is 19.5. The Morgan fingerprint density at radius 2 is 1.27 bits per heavy atom. The zero-order valence-electron chi connectivity index (χ0n) is 14.9. The molecule has 1 heteroatoms. The lowest BCUT2D eigenvalue weighted by molar-refractivity contribution is 0.387. The van der Waals surface area contributed by atoms with Crippen LogP contribution >= 0.6 is 0 Å². The minimum Gasteiger partial charge on any atom is -0.373 e. The van der Waals surface area contributed by atoms with Gasteiger partial charge in [0, 0.05) is 0 Å². The lowest BCUT2D eigenvalue weighted by atomic mass is 10.1. The van der Waals surface area contributed by atoms with E-state index in [9.17, 15) is 0 Å². The second-order valence-electron chi connectivity index (χ2n) is 6.68. The molecule has 0 aromatic heterocycles. The number of ether oxygens (including phenoxy) is 1. The Hall–Kier alpha value is -0.560. The van der Waals surface area contributed by atoms with E-state index in [1.54, 1.807) is 0 Å². The average molecular weight is 307 g/mol. The third-order valence-corrected chi connectivity index (χ3v) is 4.38. The zero-order valence-corrected chi connectivity index (χ0v) is 14.9. The number of hydrogen-bond donors (Lipinski definition) is 0. The van der Waals surface area contributed by atoms with E-state index in [4.69, 9.17) is 4.74 Å². The Bertz CT molecular complexity index is 276. The Balaban J connectivity index is 1.70. The van der Waals surface area contributed by atoms with Crippen LogP contribution in [0.4, 0.5) is 0 Å². The van der Waals surface area contributed by atoms with Crippen molar-refractivity contribution in [3.8, 4) is 0 Å². The summed E-state index contributed by atoms with van der Waals surface area (Å²) in [4.78, 5) is 0. The van der Waals surface area contributed by atoms with Crippen molar-refractivity contribution in [2.24, 2.45) is 0 Å². The molecule has 0 aromatic carbocycles. The van der Waals surface area contributed by atoms with Crippen molar-refractivity contribution in [2.45, 2.75) is 103 Å². The van der Waals surface area contributed by atoms with Crippen molar-refractivity contribution < 1.29 is 4.74 Å². The largest absolute Gasteiger partial charge is 0.373 e. The molecule has 0 aromatic rings. The van der Waals surface area contributed by atoms with Crippen molar-refractivity contribution in [2.75, 3.05) is 6.61 Å². The van der Waals surface area contributed by atoms with E-state index < -0.39 is 0 Å². The fourth-order valence-electron chi connectivity index (χ4n) is 2.77. The van der Waals surface area contributed by atoms with Gasteiger partial charge in [-0.05, 0) is 38.5 Å². The minimum atomic E-state index is 0.637. The molecule has 1 fully saturated rings. The number of epoxide rings is 1. The Labute approximate surface area is 139 Å². The summed E-state index contributed by atoms with van der Waals surface area (Å²) in [6.07, 6.45) is 28.8. The summed E-state index contributed by atoms with van der Waals surface area (Å²) in [6.45, 7) is 3.29. The van der Waals surface area contributed by atoms with E-state index in [0.29, 0.717) is 6.10 Å². The standard InChI is InChI=1S/C21H38O/c1-2-3-4-5-6-7-8-9-10-11-12-13-14-15-16-17-18-19-21-20-22-21/h6-7,9-10,21H,2-5,8,11-20H2,1H3. The van der Waals surface area contributed by atoms with Crippen molar-refractivity contribution in [1.82, 2.24) is 0 Å². The van der Waals surface area contributed by atoms with Gasteiger partial charge >= 0.3 is 0 Å². The molecule has 0 radical (unpaired) electrons. The van der Waals surface area contributed by atoms with Crippen LogP contribution in [0.3, 0.4) is 0 Å². The van der Waals surface area contributed by atoms with Gasteiger partial charge in [0.2, 0.25) is 0 Å².